The summed E-state index contributed by atoms with van der Waals surface area (Å²) < 4.78 is 10.6. The molecular weight excluding hydrogens is 311 g/mol. The Labute approximate surface area is 131 Å². The highest BCUT2D eigenvalue weighted by molar-refractivity contribution is 6.35. The van der Waals surface area contributed by atoms with E-state index in [1.54, 1.807) is 18.2 Å². The number of ether oxygens (including phenoxy) is 2. The fourth-order valence-corrected chi connectivity index (χ4v) is 2.41. The summed E-state index contributed by atoms with van der Waals surface area (Å²) >= 11 is 11.9. The van der Waals surface area contributed by atoms with Gasteiger partial charge in [0.15, 0.2) is 0 Å². The van der Waals surface area contributed by atoms with Crippen LogP contribution in [-0.2, 0) is 9.53 Å². The Morgan fingerprint density at radius 2 is 1.81 bits per heavy atom. The van der Waals surface area contributed by atoms with Gasteiger partial charge in [0.1, 0.15) is 18.1 Å². The maximum Gasteiger partial charge on any atom is 0.331 e. The van der Waals surface area contributed by atoms with Gasteiger partial charge in [-0.15, -0.1) is 0 Å². The minimum atomic E-state index is -0.307. The minimum Gasteiger partial charge on any atom is -0.458 e. The lowest BCUT2D eigenvalue weighted by Crippen LogP contribution is -1.91. The first-order chi connectivity index (χ1) is 10.1. The van der Waals surface area contributed by atoms with Crippen LogP contribution in [0.3, 0.4) is 0 Å². The summed E-state index contributed by atoms with van der Waals surface area (Å²) in [5.41, 5.74) is 1.78. The van der Waals surface area contributed by atoms with Crippen molar-refractivity contribution in [2.45, 2.75) is 0 Å². The van der Waals surface area contributed by atoms with Gasteiger partial charge < -0.3 is 9.47 Å². The highest BCUT2D eigenvalue weighted by Crippen LogP contribution is 2.32. The molecule has 0 unspecified atom stereocenters. The molecule has 0 spiro atoms. The molecule has 21 heavy (non-hydrogen) atoms. The normalized spacial score (nSPS) is 13.8. The van der Waals surface area contributed by atoms with Gasteiger partial charge in [-0.25, -0.2) is 4.79 Å². The van der Waals surface area contributed by atoms with Crippen molar-refractivity contribution < 1.29 is 14.3 Å². The summed E-state index contributed by atoms with van der Waals surface area (Å²) in [4.78, 5) is 11.1. The van der Waals surface area contributed by atoms with Gasteiger partial charge in [-0.3, -0.25) is 0 Å². The molecule has 0 saturated heterocycles. The Balaban J connectivity index is 1.78. The lowest BCUT2D eigenvalue weighted by Gasteiger charge is -2.08. The monoisotopic (exact) mass is 320 g/mol. The van der Waals surface area contributed by atoms with Crippen molar-refractivity contribution in [3.63, 3.8) is 0 Å². The molecule has 0 bridgehead atoms. The molecule has 0 aliphatic carbocycles. The first kappa shape index (κ1) is 14.0. The van der Waals surface area contributed by atoms with Crippen molar-refractivity contribution in [2.24, 2.45) is 0 Å². The number of hydrogen-bond acceptors (Lipinski definition) is 3. The number of rotatable bonds is 3. The van der Waals surface area contributed by atoms with Crippen LogP contribution >= 0.6 is 23.2 Å². The number of halogens is 2. The SMILES string of the molecule is O=C1C=C(c2ccc(Oc3ccc(Cl)cc3Cl)cc2)CO1. The van der Waals surface area contributed by atoms with E-state index in [2.05, 4.69) is 0 Å². The molecule has 0 saturated carbocycles. The van der Waals surface area contributed by atoms with E-state index in [0.717, 1.165) is 11.1 Å². The van der Waals surface area contributed by atoms with E-state index >= 15 is 0 Å². The van der Waals surface area contributed by atoms with Crippen LogP contribution in [0.15, 0.2) is 48.5 Å². The van der Waals surface area contributed by atoms with E-state index in [0.29, 0.717) is 28.2 Å². The van der Waals surface area contributed by atoms with Crippen LogP contribution in [0.2, 0.25) is 10.0 Å². The molecule has 0 amide bonds. The summed E-state index contributed by atoms with van der Waals surface area (Å²) in [5.74, 6) is 0.875. The van der Waals surface area contributed by atoms with Crippen molar-refractivity contribution >= 4 is 34.7 Å². The molecule has 3 rings (SSSR count). The zero-order valence-corrected chi connectivity index (χ0v) is 12.3. The second kappa shape index (κ2) is 5.80. The predicted molar refractivity (Wildman–Crippen MR) is 81.9 cm³/mol. The fraction of sp³-hybridized carbons (Fsp3) is 0.0625. The van der Waals surface area contributed by atoms with Crippen LogP contribution in [0.1, 0.15) is 5.56 Å². The van der Waals surface area contributed by atoms with Crippen LogP contribution in [-0.4, -0.2) is 12.6 Å². The number of carbonyl (C=O) groups excluding carboxylic acids is 1. The highest BCUT2D eigenvalue weighted by Gasteiger charge is 2.14. The van der Waals surface area contributed by atoms with Crippen LogP contribution < -0.4 is 4.74 Å². The van der Waals surface area contributed by atoms with Crippen molar-refractivity contribution in [3.8, 4) is 11.5 Å². The molecular formula is C16H10Cl2O3. The number of cyclic esters (lactones) is 1. The van der Waals surface area contributed by atoms with Crippen LogP contribution in [0.4, 0.5) is 0 Å². The molecule has 1 aliphatic rings. The zero-order valence-electron chi connectivity index (χ0n) is 10.8. The fourth-order valence-electron chi connectivity index (χ4n) is 1.96. The Kier molecular flexibility index (Phi) is 3.86. The van der Waals surface area contributed by atoms with E-state index in [1.807, 2.05) is 24.3 Å². The number of carbonyl (C=O) groups is 1. The molecule has 0 radical (unpaired) electrons. The summed E-state index contributed by atoms with van der Waals surface area (Å²) in [6.07, 6.45) is 1.49. The molecule has 5 heteroatoms. The third kappa shape index (κ3) is 3.20. The summed E-state index contributed by atoms with van der Waals surface area (Å²) in [6, 6.07) is 12.4. The molecule has 2 aromatic rings. The van der Waals surface area contributed by atoms with Gasteiger partial charge in [0.2, 0.25) is 0 Å². The largest absolute Gasteiger partial charge is 0.458 e. The predicted octanol–water partition coefficient (Wildman–Crippen LogP) is 4.73. The van der Waals surface area contributed by atoms with Crippen LogP contribution in [0.25, 0.3) is 5.57 Å². The van der Waals surface area contributed by atoms with E-state index < -0.39 is 0 Å². The van der Waals surface area contributed by atoms with Crippen molar-refractivity contribution in [1.29, 1.82) is 0 Å². The minimum absolute atomic E-state index is 0.307. The maximum atomic E-state index is 11.1. The first-order valence-corrected chi connectivity index (χ1v) is 6.98. The summed E-state index contributed by atoms with van der Waals surface area (Å²) in [5, 5.41) is 1.00. The van der Waals surface area contributed by atoms with Gasteiger partial charge in [-0.05, 0) is 35.9 Å². The molecule has 0 atom stereocenters. The van der Waals surface area contributed by atoms with Gasteiger partial charge in [0.05, 0.1) is 5.02 Å². The molecule has 1 heterocycles. The zero-order chi connectivity index (χ0) is 14.8. The van der Waals surface area contributed by atoms with Crippen molar-refractivity contribution in [3.05, 3.63) is 64.1 Å². The lowest BCUT2D eigenvalue weighted by atomic mass is 10.1. The average molecular weight is 321 g/mol. The molecule has 3 nitrogen and oxygen atoms in total. The third-order valence-electron chi connectivity index (χ3n) is 3.01. The number of benzene rings is 2. The second-order valence-corrected chi connectivity index (χ2v) is 5.32. The van der Waals surface area contributed by atoms with Gasteiger partial charge in [0.25, 0.3) is 0 Å². The van der Waals surface area contributed by atoms with E-state index in [4.69, 9.17) is 32.7 Å². The summed E-state index contributed by atoms with van der Waals surface area (Å²) in [7, 11) is 0. The molecule has 0 fully saturated rings. The van der Waals surface area contributed by atoms with Crippen molar-refractivity contribution in [2.75, 3.05) is 6.61 Å². The topological polar surface area (TPSA) is 35.5 Å². The van der Waals surface area contributed by atoms with Gasteiger partial charge in [-0.1, -0.05) is 35.3 Å². The quantitative estimate of drug-likeness (QED) is 0.767. The molecule has 0 aromatic heterocycles. The molecule has 2 aromatic carbocycles. The molecule has 106 valence electrons. The number of hydrogen-bond donors (Lipinski definition) is 0. The highest BCUT2D eigenvalue weighted by atomic mass is 35.5. The lowest BCUT2D eigenvalue weighted by molar-refractivity contribution is -0.134. The first-order valence-electron chi connectivity index (χ1n) is 6.22. The van der Waals surface area contributed by atoms with Crippen LogP contribution in [0, 0.1) is 0 Å². The van der Waals surface area contributed by atoms with Crippen molar-refractivity contribution in [1.82, 2.24) is 0 Å². The Morgan fingerprint density at radius 3 is 2.43 bits per heavy atom. The van der Waals surface area contributed by atoms with E-state index in [1.165, 1.54) is 6.08 Å². The van der Waals surface area contributed by atoms with Gasteiger partial charge in [-0.2, -0.15) is 0 Å². The third-order valence-corrected chi connectivity index (χ3v) is 3.54. The molecule has 1 aliphatic heterocycles. The molecule has 0 N–H and O–H groups in total. The Bertz CT molecular complexity index is 721. The van der Waals surface area contributed by atoms with Crippen LogP contribution in [0.5, 0.6) is 11.5 Å². The summed E-state index contributed by atoms with van der Waals surface area (Å²) in [6.45, 7) is 0.308. The van der Waals surface area contributed by atoms with Gasteiger partial charge >= 0.3 is 5.97 Å². The average Bonchev–Trinajstić information content (AvgIpc) is 2.89. The maximum absolute atomic E-state index is 11.1. The van der Waals surface area contributed by atoms with E-state index in [-0.39, 0.29) is 5.97 Å². The second-order valence-electron chi connectivity index (χ2n) is 4.48. The number of esters is 1. The Morgan fingerprint density at radius 1 is 1.05 bits per heavy atom. The standard InChI is InChI=1S/C16H10Cl2O3/c17-12-3-6-15(14(18)8-12)21-13-4-1-10(2-5-13)11-7-16(19)20-9-11/h1-8H,9H2. The van der Waals surface area contributed by atoms with E-state index in [9.17, 15) is 4.79 Å². The van der Waals surface area contributed by atoms with Gasteiger partial charge in [0, 0.05) is 16.7 Å². The smallest absolute Gasteiger partial charge is 0.331 e. The Hall–Kier alpha value is -1.97.